The molecule has 27 heavy (non-hydrogen) atoms. The quantitative estimate of drug-likeness (QED) is 0.791. The SMILES string of the molecule is COc1cccc(C(=O)Nc2cc(N3CCN(C=O)CC3)ccc2OC)c1. The summed E-state index contributed by atoms with van der Waals surface area (Å²) in [7, 11) is 3.13. The number of methoxy groups -OCH3 is 2. The number of nitrogens with zero attached hydrogens (tertiary/aromatic N) is 2. The van der Waals surface area contributed by atoms with E-state index in [1.54, 1.807) is 43.4 Å². The number of carbonyl (C=O) groups excluding carboxylic acids is 2. The Balaban J connectivity index is 1.79. The summed E-state index contributed by atoms with van der Waals surface area (Å²) in [5.41, 5.74) is 2.07. The topological polar surface area (TPSA) is 71.1 Å². The molecule has 2 aromatic rings. The molecule has 0 aromatic heterocycles. The fraction of sp³-hybridized carbons (Fsp3) is 0.300. The first kappa shape index (κ1) is 18.6. The summed E-state index contributed by atoms with van der Waals surface area (Å²) in [6, 6.07) is 12.7. The van der Waals surface area contributed by atoms with Gasteiger partial charge in [0, 0.05) is 37.4 Å². The van der Waals surface area contributed by atoms with Crippen molar-refractivity contribution in [3.05, 3.63) is 48.0 Å². The molecule has 0 bridgehead atoms. The van der Waals surface area contributed by atoms with Gasteiger partial charge in [0.05, 0.1) is 19.9 Å². The van der Waals surface area contributed by atoms with Crippen molar-refractivity contribution in [3.63, 3.8) is 0 Å². The van der Waals surface area contributed by atoms with Gasteiger partial charge < -0.3 is 24.6 Å². The van der Waals surface area contributed by atoms with Crippen LogP contribution in [0.4, 0.5) is 11.4 Å². The molecule has 7 heteroatoms. The van der Waals surface area contributed by atoms with Gasteiger partial charge in [0.1, 0.15) is 11.5 Å². The molecule has 1 heterocycles. The summed E-state index contributed by atoms with van der Waals surface area (Å²) in [5, 5.41) is 2.92. The van der Waals surface area contributed by atoms with E-state index in [1.165, 1.54) is 0 Å². The van der Waals surface area contributed by atoms with Crippen molar-refractivity contribution in [2.75, 3.05) is 50.6 Å². The third-order valence-electron chi connectivity index (χ3n) is 4.59. The fourth-order valence-corrected chi connectivity index (χ4v) is 3.03. The van der Waals surface area contributed by atoms with Crippen LogP contribution in [0.5, 0.6) is 11.5 Å². The molecule has 0 aliphatic carbocycles. The van der Waals surface area contributed by atoms with Crippen molar-refractivity contribution in [2.45, 2.75) is 0 Å². The maximum absolute atomic E-state index is 12.6. The van der Waals surface area contributed by atoms with E-state index in [1.807, 2.05) is 18.2 Å². The minimum Gasteiger partial charge on any atom is -0.497 e. The molecule has 3 rings (SSSR count). The standard InChI is InChI=1S/C20H23N3O4/c1-26-17-5-3-4-15(12-17)20(25)21-18-13-16(6-7-19(18)27-2)23-10-8-22(14-24)9-11-23/h3-7,12-14H,8-11H2,1-2H3,(H,21,25). The molecule has 0 unspecified atom stereocenters. The Morgan fingerprint density at radius 3 is 2.48 bits per heavy atom. The molecule has 2 amide bonds. The largest absolute Gasteiger partial charge is 0.497 e. The van der Waals surface area contributed by atoms with Crippen LogP contribution in [0.25, 0.3) is 0 Å². The van der Waals surface area contributed by atoms with Crippen LogP contribution in [0.2, 0.25) is 0 Å². The van der Waals surface area contributed by atoms with E-state index in [4.69, 9.17) is 9.47 Å². The Kier molecular flexibility index (Phi) is 5.80. The van der Waals surface area contributed by atoms with Crippen LogP contribution < -0.4 is 19.7 Å². The second-order valence-corrected chi connectivity index (χ2v) is 6.20. The highest BCUT2D eigenvalue weighted by atomic mass is 16.5. The van der Waals surface area contributed by atoms with Gasteiger partial charge in [0.2, 0.25) is 6.41 Å². The lowest BCUT2D eigenvalue weighted by Crippen LogP contribution is -2.45. The van der Waals surface area contributed by atoms with E-state index in [9.17, 15) is 9.59 Å². The second-order valence-electron chi connectivity index (χ2n) is 6.20. The van der Waals surface area contributed by atoms with Gasteiger partial charge in [-0.3, -0.25) is 9.59 Å². The highest BCUT2D eigenvalue weighted by Gasteiger charge is 2.18. The predicted octanol–water partition coefficient (Wildman–Crippen LogP) is 2.23. The zero-order chi connectivity index (χ0) is 19.2. The average Bonchev–Trinajstić information content (AvgIpc) is 2.73. The third-order valence-corrected chi connectivity index (χ3v) is 4.59. The van der Waals surface area contributed by atoms with Crippen molar-refractivity contribution in [1.29, 1.82) is 0 Å². The maximum atomic E-state index is 12.6. The smallest absolute Gasteiger partial charge is 0.255 e. The Labute approximate surface area is 158 Å². The van der Waals surface area contributed by atoms with Crippen molar-refractivity contribution in [3.8, 4) is 11.5 Å². The molecule has 0 spiro atoms. The van der Waals surface area contributed by atoms with Crippen LogP contribution in [0, 0.1) is 0 Å². The minimum absolute atomic E-state index is 0.241. The first-order valence-corrected chi connectivity index (χ1v) is 8.72. The molecule has 1 fully saturated rings. The van der Waals surface area contributed by atoms with Crippen LogP contribution in [0.3, 0.4) is 0 Å². The van der Waals surface area contributed by atoms with E-state index in [0.29, 0.717) is 35.8 Å². The molecule has 1 saturated heterocycles. The summed E-state index contributed by atoms with van der Waals surface area (Å²) in [5.74, 6) is 0.966. The molecule has 1 aliphatic rings. The Morgan fingerprint density at radius 1 is 1.04 bits per heavy atom. The van der Waals surface area contributed by atoms with Crippen LogP contribution in [0.15, 0.2) is 42.5 Å². The van der Waals surface area contributed by atoms with Gasteiger partial charge in [0.25, 0.3) is 5.91 Å². The summed E-state index contributed by atoms with van der Waals surface area (Å²) >= 11 is 0. The molecule has 0 saturated carbocycles. The van der Waals surface area contributed by atoms with Gasteiger partial charge in [-0.15, -0.1) is 0 Å². The van der Waals surface area contributed by atoms with Crippen LogP contribution in [-0.4, -0.2) is 57.6 Å². The Hall–Kier alpha value is -3.22. The Morgan fingerprint density at radius 2 is 1.81 bits per heavy atom. The molecular weight excluding hydrogens is 346 g/mol. The van der Waals surface area contributed by atoms with Crippen LogP contribution >= 0.6 is 0 Å². The Bertz CT molecular complexity index is 817. The first-order chi connectivity index (χ1) is 13.1. The van der Waals surface area contributed by atoms with Gasteiger partial charge in [-0.25, -0.2) is 0 Å². The number of amides is 2. The van der Waals surface area contributed by atoms with E-state index >= 15 is 0 Å². The average molecular weight is 369 g/mol. The molecule has 0 atom stereocenters. The van der Waals surface area contributed by atoms with E-state index in [2.05, 4.69) is 10.2 Å². The second kappa shape index (κ2) is 8.44. The van der Waals surface area contributed by atoms with Crippen molar-refractivity contribution in [2.24, 2.45) is 0 Å². The number of carbonyl (C=O) groups is 2. The first-order valence-electron chi connectivity index (χ1n) is 8.72. The van der Waals surface area contributed by atoms with Crippen LogP contribution in [0.1, 0.15) is 10.4 Å². The van der Waals surface area contributed by atoms with Gasteiger partial charge >= 0.3 is 0 Å². The minimum atomic E-state index is -0.241. The van der Waals surface area contributed by atoms with Crippen molar-refractivity contribution < 1.29 is 19.1 Å². The van der Waals surface area contributed by atoms with Crippen LogP contribution in [-0.2, 0) is 4.79 Å². The molecule has 2 aromatic carbocycles. The molecule has 142 valence electrons. The summed E-state index contributed by atoms with van der Waals surface area (Å²) < 4.78 is 10.6. The molecule has 0 radical (unpaired) electrons. The summed E-state index contributed by atoms with van der Waals surface area (Å²) in [6.07, 6.45) is 0.880. The van der Waals surface area contributed by atoms with Crippen molar-refractivity contribution >= 4 is 23.7 Å². The van der Waals surface area contributed by atoms with Gasteiger partial charge in [0.15, 0.2) is 0 Å². The molecule has 1 N–H and O–H groups in total. The lowest BCUT2D eigenvalue weighted by molar-refractivity contribution is -0.118. The zero-order valence-corrected chi connectivity index (χ0v) is 15.5. The number of ether oxygens (including phenoxy) is 2. The number of anilines is 2. The van der Waals surface area contributed by atoms with Crippen molar-refractivity contribution in [1.82, 2.24) is 4.90 Å². The van der Waals surface area contributed by atoms with E-state index < -0.39 is 0 Å². The predicted molar refractivity (Wildman–Crippen MR) is 104 cm³/mol. The molecule has 7 nitrogen and oxygen atoms in total. The number of piperazine rings is 1. The number of rotatable bonds is 6. The highest BCUT2D eigenvalue weighted by molar-refractivity contribution is 6.05. The number of hydrogen-bond acceptors (Lipinski definition) is 5. The van der Waals surface area contributed by atoms with E-state index in [-0.39, 0.29) is 5.91 Å². The number of benzene rings is 2. The zero-order valence-electron chi connectivity index (χ0n) is 15.5. The molecular formula is C20H23N3O4. The summed E-state index contributed by atoms with van der Waals surface area (Å²) in [4.78, 5) is 27.5. The molecule has 1 aliphatic heterocycles. The highest BCUT2D eigenvalue weighted by Crippen LogP contribution is 2.30. The van der Waals surface area contributed by atoms with Gasteiger partial charge in [-0.2, -0.15) is 0 Å². The fourth-order valence-electron chi connectivity index (χ4n) is 3.03. The third kappa shape index (κ3) is 4.31. The lowest BCUT2D eigenvalue weighted by Gasteiger charge is -2.34. The summed E-state index contributed by atoms with van der Waals surface area (Å²) in [6.45, 7) is 2.85. The van der Waals surface area contributed by atoms with Gasteiger partial charge in [-0.05, 0) is 36.4 Å². The number of nitrogens with one attached hydrogen (secondary N) is 1. The maximum Gasteiger partial charge on any atom is 0.255 e. The van der Waals surface area contributed by atoms with Gasteiger partial charge in [-0.1, -0.05) is 6.07 Å². The monoisotopic (exact) mass is 369 g/mol. The normalized spacial score (nSPS) is 13.9. The number of hydrogen-bond donors (Lipinski definition) is 1. The van der Waals surface area contributed by atoms with E-state index in [0.717, 1.165) is 25.2 Å². The lowest BCUT2D eigenvalue weighted by atomic mass is 10.1.